The van der Waals surface area contributed by atoms with Crippen molar-refractivity contribution >= 4 is 37.6 Å². The van der Waals surface area contributed by atoms with E-state index in [1.165, 1.54) is 6.07 Å². The Morgan fingerprint density at radius 3 is 2.26 bits per heavy atom. The highest BCUT2D eigenvalue weighted by molar-refractivity contribution is 9.10. The van der Waals surface area contributed by atoms with Crippen molar-refractivity contribution in [1.29, 1.82) is 0 Å². The molecule has 0 unspecified atom stereocenters. The Bertz CT molecular complexity index is 891. The van der Waals surface area contributed by atoms with Gasteiger partial charge < -0.3 is 5.11 Å². The van der Waals surface area contributed by atoms with Gasteiger partial charge in [0.2, 0.25) is 0 Å². The molecule has 0 heterocycles. The highest BCUT2D eigenvalue weighted by Crippen LogP contribution is 2.26. The average Bonchev–Trinajstić information content (AvgIpc) is 2.41. The quantitative estimate of drug-likeness (QED) is 0.819. The lowest BCUT2D eigenvalue weighted by molar-refractivity contribution is 0.0696. The molecule has 0 saturated heterocycles. The van der Waals surface area contributed by atoms with Gasteiger partial charge in [0.1, 0.15) is 0 Å². The largest absolute Gasteiger partial charge is 0.478 e. The predicted molar refractivity (Wildman–Crippen MR) is 92.6 cm³/mol. The molecule has 0 aromatic heterocycles. The van der Waals surface area contributed by atoms with Crippen LogP contribution in [0.15, 0.2) is 39.7 Å². The van der Waals surface area contributed by atoms with Crippen molar-refractivity contribution in [3.8, 4) is 0 Å². The maximum Gasteiger partial charge on any atom is 0.335 e. The highest BCUT2D eigenvalue weighted by Gasteiger charge is 2.21. The third-order valence-electron chi connectivity index (χ3n) is 3.47. The zero-order valence-electron chi connectivity index (χ0n) is 12.8. The van der Waals surface area contributed by atoms with Crippen LogP contribution in [0.2, 0.25) is 0 Å². The molecular formula is C16H16BrNO4S. The maximum atomic E-state index is 12.6. The van der Waals surface area contributed by atoms with Crippen molar-refractivity contribution in [1.82, 2.24) is 0 Å². The van der Waals surface area contributed by atoms with Crippen LogP contribution in [-0.2, 0) is 10.0 Å². The minimum Gasteiger partial charge on any atom is -0.478 e. The number of halogens is 1. The van der Waals surface area contributed by atoms with E-state index >= 15 is 0 Å². The zero-order chi connectivity index (χ0) is 17.4. The molecule has 2 rings (SSSR count). The number of anilines is 1. The summed E-state index contributed by atoms with van der Waals surface area (Å²) in [5.74, 6) is -1.16. The Morgan fingerprint density at radius 1 is 1.04 bits per heavy atom. The van der Waals surface area contributed by atoms with Gasteiger partial charge in [0.05, 0.1) is 10.5 Å². The number of sulfonamides is 1. The summed E-state index contributed by atoms with van der Waals surface area (Å²) in [6.45, 7) is 5.17. The zero-order valence-corrected chi connectivity index (χ0v) is 15.2. The molecule has 5 nitrogen and oxygen atoms in total. The number of hydrogen-bond acceptors (Lipinski definition) is 3. The van der Waals surface area contributed by atoms with Crippen LogP contribution in [0, 0.1) is 20.8 Å². The summed E-state index contributed by atoms with van der Waals surface area (Å²) < 4.78 is 28.4. The first-order valence-electron chi connectivity index (χ1n) is 6.75. The molecule has 0 radical (unpaired) electrons. The van der Waals surface area contributed by atoms with Gasteiger partial charge in [-0.15, -0.1) is 0 Å². The van der Waals surface area contributed by atoms with Gasteiger partial charge in [-0.1, -0.05) is 28.1 Å². The third-order valence-corrected chi connectivity index (χ3v) is 5.84. The number of rotatable bonds is 4. The number of benzene rings is 2. The van der Waals surface area contributed by atoms with Gasteiger partial charge in [-0.3, -0.25) is 4.72 Å². The van der Waals surface area contributed by atoms with E-state index in [0.717, 1.165) is 10.0 Å². The number of carbonyl (C=O) groups is 1. The summed E-state index contributed by atoms with van der Waals surface area (Å²) in [4.78, 5) is 11.2. The average molecular weight is 398 g/mol. The van der Waals surface area contributed by atoms with Crippen LogP contribution in [0.3, 0.4) is 0 Å². The Balaban J connectivity index is 2.49. The van der Waals surface area contributed by atoms with Crippen molar-refractivity contribution < 1.29 is 18.3 Å². The SMILES string of the molecule is Cc1ccc(NS(=O)(=O)c2cc(C(=O)O)c(C)cc2C)cc1Br. The van der Waals surface area contributed by atoms with Gasteiger partial charge in [0.15, 0.2) is 0 Å². The number of aryl methyl sites for hydroxylation is 3. The lowest BCUT2D eigenvalue weighted by atomic mass is 10.1. The van der Waals surface area contributed by atoms with Crippen LogP contribution in [0.1, 0.15) is 27.0 Å². The molecule has 0 bridgehead atoms. The van der Waals surface area contributed by atoms with Gasteiger partial charge in [0.25, 0.3) is 10.0 Å². The Morgan fingerprint density at radius 2 is 1.70 bits per heavy atom. The molecule has 0 amide bonds. The summed E-state index contributed by atoms with van der Waals surface area (Å²) >= 11 is 3.35. The van der Waals surface area contributed by atoms with Crippen molar-refractivity contribution in [3.05, 3.63) is 57.1 Å². The summed E-state index contributed by atoms with van der Waals surface area (Å²) in [6, 6.07) is 7.85. The molecule has 2 N–H and O–H groups in total. The first-order chi connectivity index (χ1) is 10.6. The second-order valence-electron chi connectivity index (χ2n) is 5.31. The van der Waals surface area contributed by atoms with Crippen LogP contribution in [0.5, 0.6) is 0 Å². The van der Waals surface area contributed by atoms with Gasteiger partial charge >= 0.3 is 5.97 Å². The fourth-order valence-corrected chi connectivity index (χ4v) is 3.90. The van der Waals surface area contributed by atoms with Crippen LogP contribution < -0.4 is 4.72 Å². The number of carboxylic acid groups (broad SMARTS) is 1. The molecule has 0 aliphatic rings. The number of aromatic carboxylic acids is 1. The van der Waals surface area contributed by atoms with Crippen LogP contribution in [0.4, 0.5) is 5.69 Å². The smallest absolute Gasteiger partial charge is 0.335 e. The van der Waals surface area contributed by atoms with E-state index in [4.69, 9.17) is 0 Å². The Kier molecular flexibility index (Phi) is 4.81. The molecule has 0 aliphatic heterocycles. The van der Waals surface area contributed by atoms with Gasteiger partial charge in [-0.25, -0.2) is 13.2 Å². The molecular weight excluding hydrogens is 382 g/mol. The third kappa shape index (κ3) is 3.73. The molecule has 0 spiro atoms. The number of hydrogen-bond donors (Lipinski definition) is 2. The summed E-state index contributed by atoms with van der Waals surface area (Å²) in [5.41, 5.74) is 2.37. The lowest BCUT2D eigenvalue weighted by Crippen LogP contribution is -2.16. The lowest BCUT2D eigenvalue weighted by Gasteiger charge is -2.13. The Labute approximate surface area is 143 Å². The fraction of sp³-hybridized carbons (Fsp3) is 0.188. The van der Waals surface area contributed by atoms with Gasteiger partial charge in [-0.2, -0.15) is 0 Å². The normalized spacial score (nSPS) is 11.3. The number of carboxylic acids is 1. The van der Waals surface area contributed by atoms with E-state index in [0.29, 0.717) is 16.8 Å². The van der Waals surface area contributed by atoms with Crippen molar-refractivity contribution in [3.63, 3.8) is 0 Å². The van der Waals surface area contributed by atoms with Crippen molar-refractivity contribution in [2.24, 2.45) is 0 Å². The minimum absolute atomic E-state index is 0.0268. The van der Waals surface area contributed by atoms with Gasteiger partial charge in [0, 0.05) is 10.2 Å². The summed E-state index contributed by atoms with van der Waals surface area (Å²) in [5, 5.41) is 9.18. The monoisotopic (exact) mass is 397 g/mol. The summed E-state index contributed by atoms with van der Waals surface area (Å²) in [7, 11) is -3.88. The molecule has 23 heavy (non-hydrogen) atoms. The minimum atomic E-state index is -3.88. The topological polar surface area (TPSA) is 83.5 Å². The van der Waals surface area contributed by atoms with E-state index in [-0.39, 0.29) is 10.5 Å². The first kappa shape index (κ1) is 17.5. The van der Waals surface area contributed by atoms with E-state index in [2.05, 4.69) is 20.7 Å². The molecule has 0 saturated carbocycles. The predicted octanol–water partition coefficient (Wildman–Crippen LogP) is 3.87. The van der Waals surface area contributed by atoms with Gasteiger partial charge in [-0.05, 0) is 55.7 Å². The van der Waals surface area contributed by atoms with Crippen molar-refractivity contribution in [2.75, 3.05) is 4.72 Å². The molecule has 2 aromatic carbocycles. The van der Waals surface area contributed by atoms with Crippen LogP contribution >= 0.6 is 15.9 Å². The molecule has 0 atom stereocenters. The van der Waals surface area contributed by atoms with E-state index < -0.39 is 16.0 Å². The second kappa shape index (κ2) is 6.33. The molecule has 2 aromatic rings. The molecule has 0 fully saturated rings. The first-order valence-corrected chi connectivity index (χ1v) is 9.03. The van der Waals surface area contributed by atoms with Crippen LogP contribution in [-0.4, -0.2) is 19.5 Å². The molecule has 7 heteroatoms. The molecule has 122 valence electrons. The summed E-state index contributed by atoms with van der Waals surface area (Å²) in [6.07, 6.45) is 0. The highest BCUT2D eigenvalue weighted by atomic mass is 79.9. The maximum absolute atomic E-state index is 12.6. The Hall–Kier alpha value is -1.86. The standard InChI is InChI=1S/C16H16BrNO4S/c1-9-4-5-12(7-14(9)17)18-23(21,22)15-8-13(16(19)20)10(2)6-11(15)3/h4-8,18H,1-3H3,(H,19,20). The van der Waals surface area contributed by atoms with Crippen molar-refractivity contribution in [2.45, 2.75) is 25.7 Å². The fourth-order valence-electron chi connectivity index (χ4n) is 2.22. The number of nitrogens with one attached hydrogen (secondary N) is 1. The van der Waals surface area contributed by atoms with E-state index in [1.54, 1.807) is 38.1 Å². The van der Waals surface area contributed by atoms with E-state index in [9.17, 15) is 18.3 Å². The van der Waals surface area contributed by atoms with E-state index in [1.807, 2.05) is 6.92 Å². The molecule has 0 aliphatic carbocycles. The second-order valence-corrected chi connectivity index (χ2v) is 7.81. The van der Waals surface area contributed by atoms with Crippen LogP contribution in [0.25, 0.3) is 0 Å².